The van der Waals surface area contributed by atoms with Gasteiger partial charge in [-0.15, -0.1) is 0 Å². The Labute approximate surface area is 123 Å². The maximum atomic E-state index is 12.1. The van der Waals surface area contributed by atoms with Crippen LogP contribution in [0.4, 0.5) is 5.69 Å². The van der Waals surface area contributed by atoms with Gasteiger partial charge in [0.2, 0.25) is 5.91 Å². The third kappa shape index (κ3) is 3.11. The third-order valence-corrected chi connectivity index (χ3v) is 4.38. The Morgan fingerprint density at radius 2 is 2.45 bits per heavy atom. The number of anilines is 1. The first-order chi connectivity index (χ1) is 9.72. The summed E-state index contributed by atoms with van der Waals surface area (Å²) in [6.45, 7) is 3.48. The number of hydrogen-bond donors (Lipinski definition) is 2. The van der Waals surface area contributed by atoms with Crippen LogP contribution in [0.3, 0.4) is 0 Å². The number of pyridine rings is 1. The maximum absolute atomic E-state index is 12.1. The molecule has 2 aliphatic heterocycles. The quantitative estimate of drug-likeness (QED) is 0.827. The monoisotopic (exact) mass is 294 g/mol. The summed E-state index contributed by atoms with van der Waals surface area (Å²) in [7, 11) is 0. The van der Waals surface area contributed by atoms with Gasteiger partial charge in [0.05, 0.1) is 12.2 Å². The Balaban J connectivity index is 1.53. The van der Waals surface area contributed by atoms with Crippen LogP contribution < -0.4 is 10.6 Å². The van der Waals surface area contributed by atoms with Crippen LogP contribution in [0.15, 0.2) is 18.3 Å². The van der Waals surface area contributed by atoms with Crippen molar-refractivity contribution in [3.8, 4) is 0 Å². The summed E-state index contributed by atoms with van der Waals surface area (Å²) in [4.78, 5) is 18.2. The Morgan fingerprint density at radius 3 is 3.25 bits per heavy atom. The number of amides is 1. The number of nitrogens with zero attached hydrogens (tertiary/aromatic N) is 2. The van der Waals surface area contributed by atoms with Crippen LogP contribution in [0.5, 0.6) is 0 Å². The zero-order valence-electron chi connectivity index (χ0n) is 11.3. The number of nitrogens with one attached hydrogen (secondary N) is 2. The standard InChI is InChI=1S/C14H19ClN4O/c15-14-11(4-2-6-17-14)18-13(20)9-19-7-10-3-1-5-16-12(10)8-19/h2,4,6,10,12,16H,1,3,5,7-9H2,(H,18,20). The molecule has 0 radical (unpaired) electrons. The molecule has 20 heavy (non-hydrogen) atoms. The van der Waals surface area contributed by atoms with E-state index < -0.39 is 0 Å². The molecule has 0 aliphatic carbocycles. The van der Waals surface area contributed by atoms with Crippen molar-refractivity contribution in [3.63, 3.8) is 0 Å². The number of likely N-dealkylation sites (tertiary alicyclic amines) is 1. The molecule has 2 atom stereocenters. The molecule has 3 heterocycles. The summed E-state index contributed by atoms with van der Waals surface area (Å²) in [5.74, 6) is 0.664. The molecule has 2 aliphatic rings. The predicted octanol–water partition coefficient (Wildman–Crippen LogP) is 1.36. The highest BCUT2D eigenvalue weighted by Crippen LogP contribution is 2.24. The van der Waals surface area contributed by atoms with Crippen molar-refractivity contribution in [1.29, 1.82) is 0 Å². The van der Waals surface area contributed by atoms with Crippen LogP contribution in [0.1, 0.15) is 12.8 Å². The second-order valence-corrected chi connectivity index (χ2v) is 5.90. The van der Waals surface area contributed by atoms with E-state index >= 15 is 0 Å². The van der Waals surface area contributed by atoms with Gasteiger partial charge in [-0.25, -0.2) is 4.98 Å². The van der Waals surface area contributed by atoms with E-state index in [0.29, 0.717) is 29.3 Å². The molecule has 1 amide bonds. The summed E-state index contributed by atoms with van der Waals surface area (Å²) in [6.07, 6.45) is 4.12. The number of hydrogen-bond acceptors (Lipinski definition) is 4. The zero-order valence-corrected chi connectivity index (χ0v) is 12.1. The first kappa shape index (κ1) is 13.8. The molecule has 108 valence electrons. The van der Waals surface area contributed by atoms with Crippen molar-refractivity contribution in [2.75, 3.05) is 31.5 Å². The zero-order chi connectivity index (χ0) is 13.9. The summed E-state index contributed by atoms with van der Waals surface area (Å²) in [5.41, 5.74) is 0.578. The van der Waals surface area contributed by atoms with E-state index in [2.05, 4.69) is 20.5 Å². The second kappa shape index (κ2) is 6.08. The maximum Gasteiger partial charge on any atom is 0.238 e. The van der Waals surface area contributed by atoms with Gasteiger partial charge in [0.15, 0.2) is 5.15 Å². The topological polar surface area (TPSA) is 57.3 Å². The fourth-order valence-electron chi connectivity index (χ4n) is 3.14. The van der Waals surface area contributed by atoms with Gasteiger partial charge >= 0.3 is 0 Å². The molecule has 0 saturated carbocycles. The molecular formula is C14H19ClN4O. The highest BCUT2D eigenvalue weighted by atomic mass is 35.5. The SMILES string of the molecule is O=C(CN1CC2CCCNC2C1)Nc1cccnc1Cl. The van der Waals surface area contributed by atoms with E-state index in [1.54, 1.807) is 18.3 Å². The Morgan fingerprint density at radius 1 is 1.55 bits per heavy atom. The van der Waals surface area contributed by atoms with Gasteiger partial charge in [0, 0.05) is 25.3 Å². The minimum Gasteiger partial charge on any atom is -0.322 e. The minimum absolute atomic E-state index is 0.0291. The molecule has 6 heteroatoms. The largest absolute Gasteiger partial charge is 0.322 e. The number of carbonyl (C=O) groups excluding carboxylic acids is 1. The lowest BCUT2D eigenvalue weighted by Crippen LogP contribution is -2.41. The first-order valence-electron chi connectivity index (χ1n) is 7.08. The highest BCUT2D eigenvalue weighted by molar-refractivity contribution is 6.32. The molecule has 0 aromatic carbocycles. The Kier molecular flexibility index (Phi) is 4.19. The molecule has 2 N–H and O–H groups in total. The summed E-state index contributed by atoms with van der Waals surface area (Å²) < 4.78 is 0. The molecule has 3 rings (SSSR count). The fraction of sp³-hybridized carbons (Fsp3) is 0.571. The highest BCUT2D eigenvalue weighted by Gasteiger charge is 2.34. The van der Waals surface area contributed by atoms with Crippen molar-refractivity contribution in [3.05, 3.63) is 23.5 Å². The Hall–Kier alpha value is -1.17. The first-order valence-corrected chi connectivity index (χ1v) is 7.46. The van der Waals surface area contributed by atoms with E-state index in [1.807, 2.05) is 0 Å². The molecule has 5 nitrogen and oxygen atoms in total. The van der Waals surface area contributed by atoms with Crippen LogP contribution in [0.2, 0.25) is 5.15 Å². The summed E-state index contributed by atoms with van der Waals surface area (Å²) >= 11 is 5.94. The van der Waals surface area contributed by atoms with E-state index in [0.717, 1.165) is 19.6 Å². The molecule has 1 aromatic rings. The third-order valence-electron chi connectivity index (χ3n) is 4.08. The second-order valence-electron chi connectivity index (χ2n) is 5.55. The smallest absolute Gasteiger partial charge is 0.238 e. The summed E-state index contributed by atoms with van der Waals surface area (Å²) in [5, 5.41) is 6.69. The number of fused-ring (bicyclic) bond motifs is 1. The van der Waals surface area contributed by atoms with Crippen molar-refractivity contribution in [2.45, 2.75) is 18.9 Å². The number of aromatic nitrogens is 1. The van der Waals surface area contributed by atoms with Gasteiger partial charge < -0.3 is 10.6 Å². The van der Waals surface area contributed by atoms with Crippen LogP contribution in [-0.4, -0.2) is 48.0 Å². The molecule has 2 saturated heterocycles. The number of rotatable bonds is 3. The van der Waals surface area contributed by atoms with E-state index in [9.17, 15) is 4.79 Å². The predicted molar refractivity (Wildman–Crippen MR) is 78.8 cm³/mol. The van der Waals surface area contributed by atoms with Crippen molar-refractivity contribution in [2.24, 2.45) is 5.92 Å². The van der Waals surface area contributed by atoms with Gasteiger partial charge in [-0.2, -0.15) is 0 Å². The van der Waals surface area contributed by atoms with E-state index in [-0.39, 0.29) is 5.91 Å². The Bertz CT molecular complexity index is 482. The van der Waals surface area contributed by atoms with Crippen LogP contribution in [0.25, 0.3) is 0 Å². The lowest BCUT2D eigenvalue weighted by Gasteiger charge is -2.24. The van der Waals surface area contributed by atoms with Crippen molar-refractivity contribution >= 4 is 23.2 Å². The number of halogens is 1. The van der Waals surface area contributed by atoms with Crippen molar-refractivity contribution in [1.82, 2.24) is 15.2 Å². The number of carbonyl (C=O) groups is 1. The van der Waals surface area contributed by atoms with Crippen LogP contribution in [-0.2, 0) is 4.79 Å². The molecule has 0 spiro atoms. The minimum atomic E-state index is -0.0291. The lowest BCUT2D eigenvalue weighted by atomic mass is 9.94. The van der Waals surface area contributed by atoms with Crippen LogP contribution in [0, 0.1) is 5.92 Å². The molecule has 2 fully saturated rings. The van der Waals surface area contributed by atoms with E-state index in [4.69, 9.17) is 11.6 Å². The molecular weight excluding hydrogens is 276 g/mol. The average Bonchev–Trinajstić information content (AvgIpc) is 2.83. The van der Waals surface area contributed by atoms with Gasteiger partial charge in [-0.1, -0.05) is 11.6 Å². The van der Waals surface area contributed by atoms with E-state index in [1.165, 1.54) is 12.8 Å². The van der Waals surface area contributed by atoms with Crippen molar-refractivity contribution < 1.29 is 4.79 Å². The van der Waals surface area contributed by atoms with Gasteiger partial charge in [-0.3, -0.25) is 9.69 Å². The lowest BCUT2D eigenvalue weighted by molar-refractivity contribution is -0.117. The van der Waals surface area contributed by atoms with Gasteiger partial charge in [0.1, 0.15) is 0 Å². The van der Waals surface area contributed by atoms with Gasteiger partial charge in [0.25, 0.3) is 0 Å². The summed E-state index contributed by atoms with van der Waals surface area (Å²) in [6, 6.07) is 4.08. The molecule has 2 unspecified atom stereocenters. The fourth-order valence-corrected chi connectivity index (χ4v) is 3.30. The average molecular weight is 295 g/mol. The normalized spacial score (nSPS) is 26.2. The van der Waals surface area contributed by atoms with Crippen LogP contribution >= 0.6 is 11.6 Å². The number of piperidine rings is 1. The molecule has 1 aromatic heterocycles. The molecule has 0 bridgehead atoms. The van der Waals surface area contributed by atoms with Gasteiger partial charge in [-0.05, 0) is 37.4 Å².